The molecular weight excluding hydrogens is 143 g/mol. The lowest BCUT2D eigenvalue weighted by Crippen LogP contribution is -2.26. The number of rotatable bonds is 1. The van der Waals surface area contributed by atoms with Crippen molar-refractivity contribution in [3.63, 3.8) is 0 Å². The average molecular weight is 150 g/mol. The van der Waals surface area contributed by atoms with Crippen LogP contribution >= 0.6 is 0 Å². The van der Waals surface area contributed by atoms with Gasteiger partial charge in [0.1, 0.15) is 5.82 Å². The van der Waals surface area contributed by atoms with Crippen molar-refractivity contribution in [1.29, 1.82) is 0 Å². The van der Waals surface area contributed by atoms with E-state index in [1.54, 1.807) is 18.2 Å². The van der Waals surface area contributed by atoms with E-state index in [-0.39, 0.29) is 5.71 Å². The smallest absolute Gasteiger partial charge is 0.426 e. The monoisotopic (exact) mass is 150 g/mol. The first-order chi connectivity index (χ1) is 5.25. The van der Waals surface area contributed by atoms with Gasteiger partial charge in [-0.1, -0.05) is 18.2 Å². The summed E-state index contributed by atoms with van der Waals surface area (Å²) < 4.78 is 0. The Balaban J connectivity index is 2.88. The Morgan fingerprint density at radius 1 is 1.45 bits per heavy atom. The summed E-state index contributed by atoms with van der Waals surface area (Å²) in [6, 6.07) is 0. The van der Waals surface area contributed by atoms with E-state index in [0.717, 1.165) is 0 Å². The number of nitrogens with zero attached hydrogens (tertiary/aromatic N) is 2. The van der Waals surface area contributed by atoms with Gasteiger partial charge >= 0.3 is 7.12 Å². The molecule has 1 rings (SSSR count). The molecule has 4 nitrogen and oxygen atoms in total. The zero-order valence-electron chi connectivity index (χ0n) is 5.75. The quantitative estimate of drug-likeness (QED) is 0.303. The maximum Gasteiger partial charge on any atom is 0.471 e. The van der Waals surface area contributed by atoms with Crippen LogP contribution in [0.15, 0.2) is 24.3 Å². The van der Waals surface area contributed by atoms with Crippen LogP contribution in [0.3, 0.4) is 0 Å². The molecule has 0 spiro atoms. The molecule has 2 N–H and O–H groups in total. The van der Waals surface area contributed by atoms with Crippen LogP contribution in [0.5, 0.6) is 0 Å². The largest absolute Gasteiger partial charge is 0.471 e. The molecule has 0 aromatic rings. The highest BCUT2D eigenvalue weighted by Gasteiger charge is 2.31. The Morgan fingerprint density at radius 2 is 2.18 bits per heavy atom. The Kier molecular flexibility index (Phi) is 2.38. The zero-order valence-corrected chi connectivity index (χ0v) is 5.75. The van der Waals surface area contributed by atoms with Crippen molar-refractivity contribution in [3.05, 3.63) is 29.8 Å². The Hall–Kier alpha value is -1.16. The first kappa shape index (κ1) is 7.95. The van der Waals surface area contributed by atoms with E-state index in [9.17, 15) is 0 Å². The summed E-state index contributed by atoms with van der Waals surface area (Å²) in [5.41, 5.74) is 8.64. The van der Waals surface area contributed by atoms with Crippen molar-refractivity contribution in [2.45, 2.75) is 5.82 Å². The topological polar surface area (TPSA) is 76.9 Å². The highest BCUT2D eigenvalue weighted by molar-refractivity contribution is 6.51. The third kappa shape index (κ3) is 1.65. The van der Waals surface area contributed by atoms with Crippen LogP contribution in [-0.4, -0.2) is 27.7 Å². The van der Waals surface area contributed by atoms with E-state index in [1.807, 2.05) is 0 Å². The molecule has 1 aliphatic carbocycles. The van der Waals surface area contributed by atoms with Gasteiger partial charge in [0.05, 0.1) is 0 Å². The second-order valence-corrected chi connectivity index (χ2v) is 2.21. The van der Waals surface area contributed by atoms with Crippen molar-refractivity contribution in [2.75, 3.05) is 0 Å². The minimum Gasteiger partial charge on any atom is -0.426 e. The lowest BCUT2D eigenvalue weighted by Gasteiger charge is -2.05. The van der Waals surface area contributed by atoms with Crippen LogP contribution in [0.2, 0.25) is 5.82 Å². The predicted molar refractivity (Wildman–Crippen MR) is 40.8 cm³/mol. The SMILES string of the molecule is [N-]=[N+]=C1C=CC=CC1B(O)O. The molecule has 56 valence electrons. The molecule has 1 unspecified atom stereocenters. The Morgan fingerprint density at radius 3 is 2.64 bits per heavy atom. The predicted octanol–water partition coefficient (Wildman–Crippen LogP) is -0.374. The van der Waals surface area contributed by atoms with E-state index in [1.165, 1.54) is 6.08 Å². The fraction of sp³-hybridized carbons (Fsp3) is 0.167. The molecule has 0 fully saturated rings. The molecule has 5 heteroatoms. The molecule has 0 heterocycles. The van der Waals surface area contributed by atoms with Crippen molar-refractivity contribution >= 4 is 12.8 Å². The summed E-state index contributed by atoms with van der Waals surface area (Å²) in [6.45, 7) is 0. The van der Waals surface area contributed by atoms with Gasteiger partial charge in [-0.2, -0.15) is 4.79 Å². The van der Waals surface area contributed by atoms with Crippen molar-refractivity contribution < 1.29 is 14.8 Å². The molecule has 0 saturated carbocycles. The lowest BCUT2D eigenvalue weighted by molar-refractivity contribution is -0.00592. The van der Waals surface area contributed by atoms with Gasteiger partial charge in [-0.25, -0.2) is 0 Å². The normalized spacial score (nSPS) is 21.6. The highest BCUT2D eigenvalue weighted by Crippen LogP contribution is 2.14. The summed E-state index contributed by atoms with van der Waals surface area (Å²) in [4.78, 5) is 2.91. The van der Waals surface area contributed by atoms with Gasteiger partial charge in [0.2, 0.25) is 0 Å². The zero-order chi connectivity index (χ0) is 8.27. The second kappa shape index (κ2) is 3.30. The van der Waals surface area contributed by atoms with Gasteiger partial charge in [-0.3, -0.25) is 0 Å². The van der Waals surface area contributed by atoms with Gasteiger partial charge in [0.25, 0.3) is 5.71 Å². The van der Waals surface area contributed by atoms with Crippen LogP contribution < -0.4 is 0 Å². The van der Waals surface area contributed by atoms with Crippen molar-refractivity contribution in [2.24, 2.45) is 0 Å². The third-order valence-corrected chi connectivity index (χ3v) is 1.47. The van der Waals surface area contributed by atoms with E-state index in [2.05, 4.69) is 4.79 Å². The first-order valence-corrected chi connectivity index (χ1v) is 3.18. The third-order valence-electron chi connectivity index (χ3n) is 1.47. The standard InChI is InChI=1S/C6H7BN2O2/c8-9-6-4-2-1-3-5(6)7(10)11/h1-5,10-11H. The minimum atomic E-state index is -1.51. The van der Waals surface area contributed by atoms with Gasteiger partial charge in [-0.05, 0) is 0 Å². The molecule has 11 heavy (non-hydrogen) atoms. The molecule has 0 aromatic heterocycles. The first-order valence-electron chi connectivity index (χ1n) is 3.18. The molecule has 0 radical (unpaired) electrons. The van der Waals surface area contributed by atoms with Crippen LogP contribution in [-0.2, 0) is 0 Å². The van der Waals surface area contributed by atoms with Crippen LogP contribution in [0.1, 0.15) is 0 Å². The highest BCUT2D eigenvalue weighted by atomic mass is 16.4. The maximum atomic E-state index is 8.76. The van der Waals surface area contributed by atoms with Crippen molar-refractivity contribution in [1.82, 2.24) is 0 Å². The number of hydrogen-bond acceptors (Lipinski definition) is 2. The molecule has 1 atom stereocenters. The Bertz CT molecular complexity index is 253. The maximum absolute atomic E-state index is 8.76. The van der Waals surface area contributed by atoms with Crippen LogP contribution in [0.4, 0.5) is 0 Å². The van der Waals surface area contributed by atoms with E-state index < -0.39 is 12.9 Å². The molecule has 0 aliphatic heterocycles. The number of allylic oxidation sites excluding steroid dienone is 4. The van der Waals surface area contributed by atoms with Gasteiger partial charge in [0.15, 0.2) is 0 Å². The lowest BCUT2D eigenvalue weighted by atomic mass is 9.68. The van der Waals surface area contributed by atoms with Gasteiger partial charge in [0, 0.05) is 6.08 Å². The summed E-state index contributed by atoms with van der Waals surface area (Å²) in [5, 5.41) is 17.5. The van der Waals surface area contributed by atoms with Gasteiger partial charge < -0.3 is 15.6 Å². The summed E-state index contributed by atoms with van der Waals surface area (Å²) in [7, 11) is -1.51. The van der Waals surface area contributed by atoms with E-state index in [4.69, 9.17) is 15.6 Å². The molecule has 0 amide bonds. The van der Waals surface area contributed by atoms with Crippen LogP contribution in [0, 0.1) is 0 Å². The molecule has 0 saturated heterocycles. The Labute approximate surface area is 64.2 Å². The summed E-state index contributed by atoms with van der Waals surface area (Å²) >= 11 is 0. The van der Waals surface area contributed by atoms with E-state index >= 15 is 0 Å². The minimum absolute atomic E-state index is 0.252. The molecule has 0 bridgehead atoms. The second-order valence-electron chi connectivity index (χ2n) is 2.21. The van der Waals surface area contributed by atoms with Crippen molar-refractivity contribution in [3.8, 4) is 0 Å². The molecule has 0 aromatic carbocycles. The molecule has 1 aliphatic rings. The average Bonchev–Trinajstić information content (AvgIpc) is 2.04. The molecular formula is C6H7BN2O2. The summed E-state index contributed by atoms with van der Waals surface area (Å²) in [6.07, 6.45) is 6.40. The van der Waals surface area contributed by atoms with Crippen LogP contribution in [0.25, 0.3) is 5.53 Å². The van der Waals surface area contributed by atoms with Gasteiger partial charge in [-0.15, -0.1) is 0 Å². The number of hydrogen-bond donors (Lipinski definition) is 2. The summed E-state index contributed by atoms with van der Waals surface area (Å²) in [5.74, 6) is -0.620. The fourth-order valence-corrected chi connectivity index (χ4v) is 0.900. The van der Waals surface area contributed by atoms with E-state index in [0.29, 0.717) is 0 Å². The fourth-order valence-electron chi connectivity index (χ4n) is 0.900.